The van der Waals surface area contributed by atoms with Crippen LogP contribution >= 0.6 is 0 Å². The zero-order valence-corrected chi connectivity index (χ0v) is 22.3. The number of alkyl halides is 3. The van der Waals surface area contributed by atoms with Gasteiger partial charge in [0.05, 0.1) is 27.9 Å². The number of carbonyl (C=O) groups excluding carboxylic acids is 2. The lowest BCUT2D eigenvalue weighted by molar-refractivity contribution is -0.138. The molecule has 1 fully saturated rings. The Labute approximate surface area is 233 Å². The number of piperazine rings is 1. The Kier molecular flexibility index (Phi) is 8.09. The highest BCUT2D eigenvalue weighted by Crippen LogP contribution is 2.41. The highest BCUT2D eigenvalue weighted by atomic mass is 19.4. The zero-order valence-electron chi connectivity index (χ0n) is 22.3. The van der Waals surface area contributed by atoms with Crippen LogP contribution in [0.15, 0.2) is 35.3 Å². The van der Waals surface area contributed by atoms with Gasteiger partial charge in [-0.15, -0.1) is 0 Å². The van der Waals surface area contributed by atoms with E-state index in [1.54, 1.807) is 0 Å². The predicted octanol–water partition coefficient (Wildman–Crippen LogP) is 4.50. The third-order valence-corrected chi connectivity index (χ3v) is 7.23. The number of carbonyl (C=O) groups is 2. The third-order valence-electron chi connectivity index (χ3n) is 7.23. The smallest absolute Gasteiger partial charge is 0.367 e. The minimum atomic E-state index is -5.15. The number of aromatic nitrogens is 1. The number of nitrogens with zero attached hydrogens (tertiary/aromatic N) is 2. The fraction of sp³-hybridized carbons (Fsp3) is 0.296. The number of primary amides is 1. The first-order valence-corrected chi connectivity index (χ1v) is 12.4. The Balaban J connectivity index is 1.93. The van der Waals surface area contributed by atoms with E-state index >= 15 is 8.78 Å². The van der Waals surface area contributed by atoms with Gasteiger partial charge in [-0.25, -0.2) is 17.6 Å². The van der Waals surface area contributed by atoms with Crippen molar-refractivity contribution in [2.45, 2.75) is 32.1 Å². The number of nitrogens with two attached hydrogens (primary N) is 1. The van der Waals surface area contributed by atoms with Gasteiger partial charge in [0.1, 0.15) is 11.5 Å². The molecular weight excluding hydrogens is 575 g/mol. The number of benzene rings is 2. The van der Waals surface area contributed by atoms with Gasteiger partial charge in [0.15, 0.2) is 17.5 Å². The molecule has 1 aliphatic rings. The molecule has 4 rings (SSSR count). The average molecular weight is 600 g/mol. The summed E-state index contributed by atoms with van der Waals surface area (Å²) in [5.41, 5.74) is -2.98. The van der Waals surface area contributed by atoms with E-state index in [0.29, 0.717) is 18.3 Å². The minimum Gasteiger partial charge on any atom is -0.367 e. The number of pyridine rings is 1. The molecule has 1 saturated heterocycles. The molecule has 2 amide bonds. The van der Waals surface area contributed by atoms with Crippen molar-refractivity contribution in [1.29, 1.82) is 0 Å². The van der Waals surface area contributed by atoms with Crippen molar-refractivity contribution in [2.75, 3.05) is 30.4 Å². The summed E-state index contributed by atoms with van der Waals surface area (Å²) in [6.07, 6.45) is -4.67. The lowest BCUT2D eigenvalue weighted by atomic mass is 9.98. The van der Waals surface area contributed by atoms with Crippen molar-refractivity contribution in [3.05, 3.63) is 80.8 Å². The Morgan fingerprint density at radius 1 is 0.976 bits per heavy atom. The number of anilines is 2. The van der Waals surface area contributed by atoms with Crippen LogP contribution < -0.4 is 21.5 Å². The molecule has 8 nitrogen and oxygen atoms in total. The number of H-pyrrole nitrogens is 1. The minimum absolute atomic E-state index is 0.143. The Morgan fingerprint density at radius 3 is 2.17 bits per heavy atom. The van der Waals surface area contributed by atoms with E-state index in [9.17, 15) is 36.3 Å². The first-order valence-electron chi connectivity index (χ1n) is 12.4. The number of nitrogens with one attached hydrogen (secondary N) is 2. The second-order valence-corrected chi connectivity index (χ2v) is 9.94. The Bertz CT molecular complexity index is 1630. The molecular formula is C27H24F7N5O3. The number of aromatic amines is 1. The monoisotopic (exact) mass is 599 g/mol. The van der Waals surface area contributed by atoms with Crippen LogP contribution in [0.3, 0.4) is 0 Å². The van der Waals surface area contributed by atoms with Crippen molar-refractivity contribution in [3.8, 4) is 11.1 Å². The maximum atomic E-state index is 16.2. The Morgan fingerprint density at radius 2 is 1.60 bits per heavy atom. The first-order chi connectivity index (χ1) is 19.5. The summed E-state index contributed by atoms with van der Waals surface area (Å²) >= 11 is 0. The highest BCUT2D eigenvalue weighted by Gasteiger charge is 2.37. The fourth-order valence-electron chi connectivity index (χ4n) is 4.83. The second kappa shape index (κ2) is 11.1. The van der Waals surface area contributed by atoms with E-state index in [2.05, 4.69) is 0 Å². The molecule has 3 aromatic rings. The molecule has 0 bridgehead atoms. The van der Waals surface area contributed by atoms with Crippen molar-refractivity contribution in [3.63, 3.8) is 0 Å². The maximum absolute atomic E-state index is 16.2. The van der Waals surface area contributed by atoms with E-state index in [1.165, 1.54) is 4.90 Å². The summed E-state index contributed by atoms with van der Waals surface area (Å²) in [5, 5.41) is 2.02. The normalized spacial score (nSPS) is 17.8. The third kappa shape index (κ3) is 5.55. The topological polar surface area (TPSA) is 112 Å². The van der Waals surface area contributed by atoms with Crippen molar-refractivity contribution >= 4 is 23.2 Å². The largest absolute Gasteiger partial charge is 0.417 e. The number of halogens is 7. The summed E-state index contributed by atoms with van der Waals surface area (Å²) < 4.78 is 102. The molecule has 1 aliphatic heterocycles. The van der Waals surface area contributed by atoms with E-state index < -0.39 is 80.3 Å². The average Bonchev–Trinajstić information content (AvgIpc) is 2.90. The van der Waals surface area contributed by atoms with Crippen LogP contribution in [0.25, 0.3) is 11.1 Å². The van der Waals surface area contributed by atoms with Crippen LogP contribution in [0, 0.1) is 23.3 Å². The summed E-state index contributed by atoms with van der Waals surface area (Å²) in [4.78, 5) is 41.5. The number of rotatable bonds is 5. The predicted molar refractivity (Wildman–Crippen MR) is 139 cm³/mol. The van der Waals surface area contributed by atoms with Gasteiger partial charge in [-0.2, -0.15) is 13.2 Å². The lowest BCUT2D eigenvalue weighted by Crippen LogP contribution is -2.55. The van der Waals surface area contributed by atoms with Crippen LogP contribution in [-0.2, 0) is 6.18 Å². The van der Waals surface area contributed by atoms with Gasteiger partial charge in [-0.05, 0) is 27.0 Å². The van der Waals surface area contributed by atoms with E-state index in [-0.39, 0.29) is 36.9 Å². The molecule has 15 heteroatoms. The van der Waals surface area contributed by atoms with E-state index in [0.717, 1.165) is 6.07 Å². The van der Waals surface area contributed by atoms with Gasteiger partial charge < -0.3 is 20.9 Å². The fourth-order valence-corrected chi connectivity index (χ4v) is 4.83. The number of hydrogen-bond acceptors (Lipinski definition) is 5. The Hall–Kier alpha value is -4.40. The van der Waals surface area contributed by atoms with Gasteiger partial charge >= 0.3 is 6.18 Å². The van der Waals surface area contributed by atoms with Gasteiger partial charge in [-0.3, -0.25) is 19.3 Å². The van der Waals surface area contributed by atoms with Crippen LogP contribution in [0.4, 0.5) is 42.1 Å². The number of hydrogen-bond donors (Lipinski definition) is 3. The molecule has 0 unspecified atom stereocenters. The molecule has 2 aromatic carbocycles. The molecule has 0 saturated carbocycles. The van der Waals surface area contributed by atoms with Crippen LogP contribution in [0.5, 0.6) is 0 Å². The van der Waals surface area contributed by atoms with Gasteiger partial charge in [0, 0.05) is 49.1 Å². The molecule has 0 aliphatic carbocycles. The summed E-state index contributed by atoms with van der Waals surface area (Å²) in [7, 11) is 1.82. The number of likely N-dealkylation sites (N-methyl/N-ethyl adjacent to an activating group) is 1. The van der Waals surface area contributed by atoms with Gasteiger partial charge in [0.25, 0.3) is 11.8 Å². The van der Waals surface area contributed by atoms with Crippen LogP contribution in [0.1, 0.15) is 40.1 Å². The van der Waals surface area contributed by atoms with Crippen LogP contribution in [0.2, 0.25) is 0 Å². The lowest BCUT2D eigenvalue weighted by Gasteiger charge is -2.44. The van der Waals surface area contributed by atoms with E-state index in [4.69, 9.17) is 5.73 Å². The number of amides is 2. The molecule has 2 heterocycles. The second-order valence-electron chi connectivity index (χ2n) is 9.94. The molecule has 42 heavy (non-hydrogen) atoms. The van der Waals surface area contributed by atoms with Crippen molar-refractivity contribution < 1.29 is 40.3 Å². The summed E-state index contributed by atoms with van der Waals surface area (Å²) in [6, 6.07) is 1.95. The van der Waals surface area contributed by atoms with E-state index in [1.807, 2.05) is 36.1 Å². The molecule has 224 valence electrons. The van der Waals surface area contributed by atoms with Crippen molar-refractivity contribution in [2.24, 2.45) is 5.73 Å². The van der Waals surface area contributed by atoms with Gasteiger partial charge in [-0.1, -0.05) is 6.07 Å². The van der Waals surface area contributed by atoms with Crippen LogP contribution in [-0.4, -0.2) is 53.9 Å². The molecule has 1 aromatic heterocycles. The summed E-state index contributed by atoms with van der Waals surface area (Å²) in [5.74, 6) is -9.48. The zero-order chi connectivity index (χ0) is 31.3. The first kappa shape index (κ1) is 30.6. The molecule has 0 spiro atoms. The highest BCUT2D eigenvalue weighted by molar-refractivity contribution is 6.07. The SMILES string of the molecule is C[C@@H]1CN(c2cc(F)c(-c3ccc(C(N)=O)c(F)c3F)c(F)c2NC(=O)c2c[nH]c(=O)cc2C(F)(F)F)C[C@H](C)N1C. The molecule has 0 radical (unpaired) electrons. The van der Waals surface area contributed by atoms with Crippen molar-refractivity contribution in [1.82, 2.24) is 9.88 Å². The van der Waals surface area contributed by atoms with Gasteiger partial charge in [0.2, 0.25) is 5.56 Å². The maximum Gasteiger partial charge on any atom is 0.417 e. The standard InChI is InChI=1S/C27H24F7N5O3/c1-11-9-39(10-12(2)38(11)3)18-7-17(28)20(13-4-5-14(25(35)41)22(30)21(13)29)23(31)24(18)37-26(42)15-8-36-19(40)6-16(15)27(32,33)34/h4-8,11-12H,9-10H2,1-3H3,(H2,35,41)(H,36,40)(H,37,42)/t11-,12+. The molecule has 4 N–H and O–H groups in total. The molecule has 2 atom stereocenters. The summed E-state index contributed by atoms with van der Waals surface area (Å²) in [6.45, 7) is 3.97. The quantitative estimate of drug-likeness (QED) is 0.374.